The number of carbonyl (C=O) groups is 10. The lowest BCUT2D eigenvalue weighted by molar-refractivity contribution is -0.150. The number of amidine groups is 1. The van der Waals surface area contributed by atoms with E-state index in [2.05, 4.69) is 60.9 Å². The van der Waals surface area contributed by atoms with Gasteiger partial charge in [-0.3, -0.25) is 34.2 Å². The third kappa shape index (κ3) is 40.5. The van der Waals surface area contributed by atoms with Crippen molar-refractivity contribution < 1.29 is 86.3 Å². The van der Waals surface area contributed by atoms with Crippen LogP contribution in [0, 0.1) is 0 Å². The maximum absolute atomic E-state index is 12.0. The molecule has 0 fully saturated rings. The number of nitrogens with one attached hydrogen (secondary N) is 4. The number of benzene rings is 7. The second kappa shape index (κ2) is 59.0. The molecule has 0 saturated heterocycles. The predicted octanol–water partition coefficient (Wildman–Crippen LogP) is 20.5. The van der Waals surface area contributed by atoms with E-state index in [4.69, 9.17) is 208 Å². The number of allylic oxidation sites excluding steroid dienone is 1. The summed E-state index contributed by atoms with van der Waals surface area (Å²) in [5, 5.41) is 33.6. The number of amides is 3. The molecule has 6 heterocycles. The lowest BCUT2D eigenvalue weighted by Crippen LogP contribution is -2.31. The largest absolute Gasteiger partial charge is 0.481 e. The first kappa shape index (κ1) is 111. The smallest absolute Gasteiger partial charge is 0.338 e. The number of para-hydroxylation sites is 3. The number of halogens is 14. The summed E-state index contributed by atoms with van der Waals surface area (Å²) in [6.07, 6.45) is 12.1. The number of aromatic nitrogens is 6. The van der Waals surface area contributed by atoms with Crippen molar-refractivity contribution in [2.24, 2.45) is 21.7 Å². The number of methoxy groups -OCH3 is 4. The summed E-state index contributed by atoms with van der Waals surface area (Å²) in [7, 11) is 5.85. The highest BCUT2D eigenvalue weighted by Crippen LogP contribution is 2.32. The first-order chi connectivity index (χ1) is 63.4. The van der Waals surface area contributed by atoms with Crippen LogP contribution in [0.5, 0.6) is 23.5 Å². The first-order valence-electron chi connectivity index (χ1n) is 36.4. The number of carbonyl (C=O) groups excluding carboxylic acids is 8. The Morgan fingerprint density at radius 3 is 1.29 bits per heavy atom. The number of rotatable bonds is 21. The number of hydrogen-bond acceptors (Lipinski definition) is 26. The molecular weight excluding hydrogens is 2030 g/mol. The maximum Gasteiger partial charge on any atom is 0.338 e. The van der Waals surface area contributed by atoms with Gasteiger partial charge in [0.05, 0.1) is 104 Å². The standard InChI is InChI=1S/C13H7Cl4N.C13H10Cl3N3.C13H8Cl3NO.C12H12N2O5.C11H8ClN3O3.C7H3Cl3O.C7H9N3O2.C7H7NO3.C4H2O3/c14-8-5-6-9(11(16)7-8)13(17)18-12-4-2-1-3-10(12)15;14-8-5-6-9(11(16)7-8)13(19-17)18-12-4-2-1-3-10(12)15;14-8-5-6-9(11(16)7-8)13(18)17-12-4-2-1-3-10(12)15;1-19-10-6-8(4-5-13-10)12(18)14-7-9(15)2-3-11(16)17;1-17-10-6-7(4-5-13-10)11-15-14-9(18-11)3-2-8(12)16;8-4-1-2-5(7(10)11)6(9)3-4;1-12-6-4-5(2-3-9-6)7(11)10-8;1-11-6-4-5(7(9)10)2-3-8-6;5-3-1-2-4(6)7-3/h1-7H;1-7H,17H2,(H,18,19);1-7H,(H,17,18);2-6H,7H2,1H3,(H,14,18)(H,16,17);2-6H,1H3;1-3H;2-4H,8H2,1H3,(H,10,11);2-4H,1H3,(H,9,10);1-2H/b;;;3-2-;3-2+;;;;. The molecule has 12 aromatic rings. The number of esters is 2. The second-order valence-electron chi connectivity index (χ2n) is 24.2. The molecule has 0 radical (unpaired) electrons. The Balaban J connectivity index is 0.000000268. The van der Waals surface area contributed by atoms with Gasteiger partial charge in [-0.05, 0) is 163 Å². The summed E-state index contributed by atoms with van der Waals surface area (Å²) in [6.45, 7) is -0.284. The molecule has 13 rings (SSSR count). The molecule has 133 heavy (non-hydrogen) atoms. The normalized spacial score (nSPS) is 10.8. The molecule has 5 aromatic heterocycles. The average Bonchev–Trinajstić information content (AvgIpc) is 1.85. The fraction of sp³-hybridized carbons (Fsp3) is 0.0575. The quantitative estimate of drug-likeness (QED) is 0.00381. The molecule has 0 atom stereocenters. The Kier molecular flexibility index (Phi) is 49.1. The van der Waals surface area contributed by atoms with Gasteiger partial charge >= 0.3 is 23.9 Å². The van der Waals surface area contributed by atoms with Crippen LogP contribution in [0.2, 0.25) is 55.2 Å². The fourth-order valence-electron chi connectivity index (χ4n) is 9.02. The number of nitrogens with two attached hydrogens (primary N) is 2. The number of hydrazine groups is 2. The molecular formula is C87H66Cl14N14O18. The number of nitrogen functional groups attached to an aromatic ring is 1. The molecule has 0 saturated carbocycles. The van der Waals surface area contributed by atoms with E-state index >= 15 is 0 Å². The number of aliphatic carboxylic acids is 1. The summed E-state index contributed by atoms with van der Waals surface area (Å²) in [5.74, 6) is 7.71. The van der Waals surface area contributed by atoms with Crippen molar-refractivity contribution in [1.29, 1.82) is 0 Å². The second-order valence-corrected chi connectivity index (χ2v) is 29.9. The summed E-state index contributed by atoms with van der Waals surface area (Å²) in [5.41, 5.74) is 9.71. The predicted molar refractivity (Wildman–Crippen MR) is 513 cm³/mol. The summed E-state index contributed by atoms with van der Waals surface area (Å²) >= 11 is 81.3. The lowest BCUT2D eigenvalue weighted by atomic mass is 10.2. The van der Waals surface area contributed by atoms with Crippen LogP contribution in [0.3, 0.4) is 0 Å². The lowest BCUT2D eigenvalue weighted by Gasteiger charge is -2.08. The zero-order chi connectivity index (χ0) is 98.2. The molecule has 32 nitrogen and oxygen atoms in total. The number of aromatic carboxylic acids is 1. The van der Waals surface area contributed by atoms with Crippen molar-refractivity contribution in [3.05, 3.63) is 349 Å². The number of pyridine rings is 4. The minimum Gasteiger partial charge on any atom is -0.481 e. The third-order valence-electron chi connectivity index (χ3n) is 15.2. The number of nitrogens with zero attached hydrogens (tertiary/aromatic N) is 8. The molecule has 1 aliphatic rings. The molecule has 0 spiro atoms. The van der Waals surface area contributed by atoms with Crippen molar-refractivity contribution in [2.45, 2.75) is 0 Å². The summed E-state index contributed by atoms with van der Waals surface area (Å²) in [4.78, 5) is 131. The molecule has 7 aromatic carbocycles. The Bertz CT molecular complexity index is 6260. The number of hydrogen-bond donors (Lipinski definition) is 8. The minimum absolute atomic E-state index is 0.178. The molecule has 10 N–H and O–H groups in total. The molecule has 0 bridgehead atoms. The minimum atomic E-state index is -1.22. The maximum atomic E-state index is 12.0. The van der Waals surface area contributed by atoms with Gasteiger partial charge in [0, 0.05) is 127 Å². The van der Waals surface area contributed by atoms with Crippen molar-refractivity contribution >= 4 is 254 Å². The Labute approximate surface area is 826 Å². The van der Waals surface area contributed by atoms with Crippen molar-refractivity contribution in [3.8, 4) is 35.0 Å². The van der Waals surface area contributed by atoms with E-state index in [0.717, 1.165) is 24.3 Å². The van der Waals surface area contributed by atoms with Crippen LogP contribution in [0.25, 0.3) is 17.5 Å². The number of aliphatic imine (C=N–C) groups is 2. The topological polar surface area (TPSA) is 473 Å². The Hall–Kier alpha value is -12.7. The SMILES string of the molecule is COc1cc(-c2nnc(/C=C/C(=O)Cl)o2)ccn1.COc1cc(C(=O)NCC(=O)/C=C\C(=O)O)ccn1.COc1cc(C(=O)NN)ccn1.COc1cc(C(=O)O)ccn1.ClC(=Nc1ccccc1Cl)c1ccc(Cl)cc1Cl.NNC(=Nc1ccccc1Cl)c1ccc(Cl)cc1Cl.O=C(Cl)c1ccc(Cl)cc1Cl.O=C(Nc1ccccc1Cl)c1ccc(Cl)cc1Cl.O=C1C=CC(=O)O1. The molecule has 0 aliphatic carbocycles. The van der Waals surface area contributed by atoms with Gasteiger partial charge in [0.2, 0.25) is 40.5 Å². The van der Waals surface area contributed by atoms with Gasteiger partial charge in [0.1, 0.15) is 11.0 Å². The number of cyclic esters (lactones) is 2. The van der Waals surface area contributed by atoms with Gasteiger partial charge in [-0.2, -0.15) is 0 Å². The Morgan fingerprint density at radius 1 is 0.436 bits per heavy atom. The number of carboxylic acids is 2. The molecule has 690 valence electrons. The van der Waals surface area contributed by atoms with Gasteiger partial charge in [-0.1, -0.05) is 176 Å². The zero-order valence-corrected chi connectivity index (χ0v) is 79.0. The highest BCUT2D eigenvalue weighted by Gasteiger charge is 2.17. The fourth-order valence-corrected chi connectivity index (χ4v) is 12.1. The third-order valence-corrected chi connectivity index (χ3v) is 19.0. The van der Waals surface area contributed by atoms with E-state index in [1.54, 1.807) is 128 Å². The number of ether oxygens (including phenoxy) is 5. The van der Waals surface area contributed by atoms with E-state index in [-0.39, 0.29) is 51.5 Å². The van der Waals surface area contributed by atoms with Crippen LogP contribution in [-0.4, -0.2) is 144 Å². The van der Waals surface area contributed by atoms with Crippen LogP contribution >= 0.6 is 162 Å². The molecule has 1 aliphatic heterocycles. The average molecular weight is 2090 g/mol. The van der Waals surface area contributed by atoms with Gasteiger partial charge in [-0.25, -0.2) is 60.8 Å². The van der Waals surface area contributed by atoms with E-state index in [0.29, 0.717) is 136 Å². The van der Waals surface area contributed by atoms with E-state index in [9.17, 15) is 47.9 Å². The van der Waals surface area contributed by atoms with Gasteiger partial charge in [-0.15, -0.1) is 10.2 Å². The molecule has 0 unspecified atom stereocenters. The van der Waals surface area contributed by atoms with Gasteiger partial charge in [0.15, 0.2) is 5.78 Å². The van der Waals surface area contributed by atoms with Gasteiger partial charge < -0.3 is 54.4 Å². The van der Waals surface area contributed by atoms with Crippen LogP contribution in [-0.2, 0) is 28.7 Å². The molecule has 3 amide bonds. The number of ketones is 1. The first-order valence-corrected chi connectivity index (χ1v) is 41.7. The van der Waals surface area contributed by atoms with Crippen molar-refractivity contribution in [3.63, 3.8) is 0 Å². The monoisotopic (exact) mass is 2080 g/mol. The van der Waals surface area contributed by atoms with Crippen molar-refractivity contribution in [1.82, 2.24) is 46.3 Å². The Morgan fingerprint density at radius 2 is 0.865 bits per heavy atom. The highest BCUT2D eigenvalue weighted by molar-refractivity contribution is 6.71. The van der Waals surface area contributed by atoms with Crippen LogP contribution in [0.1, 0.15) is 68.8 Å². The molecule has 46 heteroatoms. The van der Waals surface area contributed by atoms with E-state index in [1.807, 2.05) is 29.7 Å². The number of carboxylic acid groups (broad SMARTS) is 2. The van der Waals surface area contributed by atoms with E-state index < -0.39 is 46.1 Å². The van der Waals surface area contributed by atoms with Crippen molar-refractivity contribution in [2.75, 3.05) is 40.3 Å². The number of anilines is 1. The summed E-state index contributed by atoms with van der Waals surface area (Å²) < 4.78 is 28.7. The van der Waals surface area contributed by atoms with Crippen LogP contribution < -0.4 is 52.1 Å². The zero-order valence-electron chi connectivity index (χ0n) is 68.4. The van der Waals surface area contributed by atoms with Crippen LogP contribution in [0.15, 0.2) is 264 Å². The highest BCUT2D eigenvalue weighted by atomic mass is 35.5. The van der Waals surface area contributed by atoms with E-state index in [1.165, 1.54) is 102 Å². The summed E-state index contributed by atoms with van der Waals surface area (Å²) in [6, 6.07) is 52.7. The van der Waals surface area contributed by atoms with Crippen LogP contribution in [0.4, 0.5) is 17.1 Å². The van der Waals surface area contributed by atoms with Gasteiger partial charge in [0.25, 0.3) is 23.0 Å².